The van der Waals surface area contributed by atoms with Crippen LogP contribution in [0.2, 0.25) is 0 Å². The first-order valence-corrected chi connectivity index (χ1v) is 6.77. The van der Waals surface area contributed by atoms with Crippen molar-refractivity contribution in [2.75, 3.05) is 0 Å². The van der Waals surface area contributed by atoms with Gasteiger partial charge in [-0.1, -0.05) is 17.7 Å². The van der Waals surface area contributed by atoms with E-state index in [2.05, 4.69) is 32.9 Å². The Bertz CT molecular complexity index is 449. The van der Waals surface area contributed by atoms with Crippen LogP contribution in [-0.2, 0) is 11.2 Å². The van der Waals surface area contributed by atoms with E-state index in [0.29, 0.717) is 12.8 Å². The molecule has 0 bridgehead atoms. The molecule has 2 heteroatoms. The van der Waals surface area contributed by atoms with Crippen LogP contribution in [0.3, 0.4) is 0 Å². The summed E-state index contributed by atoms with van der Waals surface area (Å²) < 4.78 is 0. The van der Waals surface area contributed by atoms with E-state index >= 15 is 0 Å². The van der Waals surface area contributed by atoms with Gasteiger partial charge in [0, 0.05) is 18.4 Å². The van der Waals surface area contributed by atoms with Crippen LogP contribution in [0.5, 0.6) is 0 Å². The Kier molecular flexibility index (Phi) is 3.58. The highest BCUT2D eigenvalue weighted by molar-refractivity contribution is 5.82. The topological polar surface area (TPSA) is 43.1 Å². The van der Waals surface area contributed by atoms with Gasteiger partial charge in [-0.3, -0.25) is 4.79 Å². The zero-order valence-corrected chi connectivity index (χ0v) is 11.7. The molecule has 0 aromatic heterocycles. The molecule has 0 heterocycles. The Morgan fingerprint density at radius 3 is 2.22 bits per heavy atom. The van der Waals surface area contributed by atoms with Crippen molar-refractivity contribution in [1.82, 2.24) is 0 Å². The molecule has 1 saturated carbocycles. The summed E-state index contributed by atoms with van der Waals surface area (Å²) in [6.45, 7) is 6.27. The minimum absolute atomic E-state index is 0.191. The average molecular weight is 245 g/mol. The van der Waals surface area contributed by atoms with Crippen LogP contribution < -0.4 is 5.73 Å². The maximum Gasteiger partial charge on any atom is 0.139 e. The van der Waals surface area contributed by atoms with Crippen molar-refractivity contribution in [1.29, 1.82) is 0 Å². The number of carbonyl (C=O) groups is 1. The van der Waals surface area contributed by atoms with E-state index in [1.54, 1.807) is 0 Å². The first kappa shape index (κ1) is 13.3. The third kappa shape index (κ3) is 2.81. The SMILES string of the molecule is Cc1cc(C)c(CC(=O)CC2(N)CCC2)c(C)c1. The Balaban J connectivity index is 2.07. The molecule has 0 spiro atoms. The molecule has 0 aliphatic heterocycles. The number of nitrogens with two attached hydrogens (primary N) is 1. The highest BCUT2D eigenvalue weighted by atomic mass is 16.1. The fraction of sp³-hybridized carbons (Fsp3) is 0.562. The molecule has 0 amide bonds. The van der Waals surface area contributed by atoms with Gasteiger partial charge in [0.2, 0.25) is 0 Å². The number of rotatable bonds is 4. The maximum atomic E-state index is 12.1. The number of hydrogen-bond donors (Lipinski definition) is 1. The highest BCUT2D eigenvalue weighted by Crippen LogP contribution is 2.32. The second kappa shape index (κ2) is 4.85. The molecule has 1 aromatic rings. The number of hydrogen-bond acceptors (Lipinski definition) is 2. The lowest BCUT2D eigenvalue weighted by molar-refractivity contribution is -0.120. The summed E-state index contributed by atoms with van der Waals surface area (Å²) in [6, 6.07) is 4.30. The minimum Gasteiger partial charge on any atom is -0.325 e. The van der Waals surface area contributed by atoms with Crippen molar-refractivity contribution >= 4 is 5.78 Å². The second-order valence-corrected chi connectivity index (χ2v) is 5.99. The molecule has 0 radical (unpaired) electrons. The Labute approximate surface area is 110 Å². The van der Waals surface area contributed by atoms with Gasteiger partial charge in [-0.25, -0.2) is 0 Å². The molecule has 0 unspecified atom stereocenters. The van der Waals surface area contributed by atoms with Gasteiger partial charge in [0.15, 0.2) is 0 Å². The van der Waals surface area contributed by atoms with Crippen LogP contribution >= 0.6 is 0 Å². The normalized spacial score (nSPS) is 17.3. The lowest BCUT2D eigenvalue weighted by Gasteiger charge is -2.37. The van der Waals surface area contributed by atoms with E-state index in [4.69, 9.17) is 5.73 Å². The quantitative estimate of drug-likeness (QED) is 0.886. The van der Waals surface area contributed by atoms with E-state index in [0.717, 1.165) is 12.8 Å². The lowest BCUT2D eigenvalue weighted by Crippen LogP contribution is -2.48. The first-order chi connectivity index (χ1) is 8.39. The van der Waals surface area contributed by atoms with Gasteiger partial charge in [-0.15, -0.1) is 0 Å². The van der Waals surface area contributed by atoms with Crippen LogP contribution in [-0.4, -0.2) is 11.3 Å². The molecular weight excluding hydrogens is 222 g/mol. The molecule has 1 aliphatic rings. The number of aryl methyl sites for hydroxylation is 3. The van der Waals surface area contributed by atoms with Gasteiger partial charge in [0.25, 0.3) is 0 Å². The molecule has 1 fully saturated rings. The summed E-state index contributed by atoms with van der Waals surface area (Å²) in [5, 5.41) is 0. The summed E-state index contributed by atoms with van der Waals surface area (Å²) in [4.78, 5) is 12.1. The fourth-order valence-electron chi connectivity index (χ4n) is 2.95. The van der Waals surface area contributed by atoms with Crippen molar-refractivity contribution < 1.29 is 4.79 Å². The monoisotopic (exact) mass is 245 g/mol. The van der Waals surface area contributed by atoms with Crippen LogP contribution in [0.25, 0.3) is 0 Å². The predicted molar refractivity (Wildman–Crippen MR) is 74.8 cm³/mol. The van der Waals surface area contributed by atoms with E-state index in [-0.39, 0.29) is 11.3 Å². The van der Waals surface area contributed by atoms with Gasteiger partial charge < -0.3 is 5.73 Å². The zero-order valence-electron chi connectivity index (χ0n) is 11.7. The lowest BCUT2D eigenvalue weighted by atomic mass is 9.74. The van der Waals surface area contributed by atoms with Gasteiger partial charge in [0.1, 0.15) is 5.78 Å². The van der Waals surface area contributed by atoms with Crippen molar-refractivity contribution in [3.8, 4) is 0 Å². The zero-order chi connectivity index (χ0) is 13.3. The van der Waals surface area contributed by atoms with Crippen LogP contribution in [0, 0.1) is 20.8 Å². The van der Waals surface area contributed by atoms with Gasteiger partial charge in [-0.2, -0.15) is 0 Å². The first-order valence-electron chi connectivity index (χ1n) is 6.77. The Morgan fingerprint density at radius 1 is 1.22 bits per heavy atom. The maximum absolute atomic E-state index is 12.1. The molecule has 2 nitrogen and oxygen atoms in total. The van der Waals surface area contributed by atoms with Crippen LogP contribution in [0.4, 0.5) is 0 Å². The molecule has 2 rings (SSSR count). The largest absolute Gasteiger partial charge is 0.325 e. The third-order valence-corrected chi connectivity index (χ3v) is 4.11. The number of carbonyl (C=O) groups excluding carboxylic acids is 1. The van der Waals surface area contributed by atoms with Gasteiger partial charge >= 0.3 is 0 Å². The van der Waals surface area contributed by atoms with E-state index in [1.165, 1.54) is 28.7 Å². The van der Waals surface area contributed by atoms with Crippen molar-refractivity contribution in [3.05, 3.63) is 34.4 Å². The van der Waals surface area contributed by atoms with E-state index in [9.17, 15) is 4.79 Å². The van der Waals surface area contributed by atoms with Crippen LogP contribution in [0.15, 0.2) is 12.1 Å². The molecule has 1 aliphatic carbocycles. The summed E-state index contributed by atoms with van der Waals surface area (Å²) >= 11 is 0. The summed E-state index contributed by atoms with van der Waals surface area (Å²) in [5.41, 5.74) is 10.8. The molecule has 98 valence electrons. The van der Waals surface area contributed by atoms with Crippen molar-refractivity contribution in [2.45, 2.75) is 58.4 Å². The van der Waals surface area contributed by atoms with Gasteiger partial charge in [0.05, 0.1) is 0 Å². The summed E-state index contributed by atoms with van der Waals surface area (Å²) in [5.74, 6) is 0.284. The fourth-order valence-corrected chi connectivity index (χ4v) is 2.95. The number of benzene rings is 1. The number of ketones is 1. The Morgan fingerprint density at radius 2 is 1.78 bits per heavy atom. The second-order valence-electron chi connectivity index (χ2n) is 5.99. The Hall–Kier alpha value is -1.15. The summed E-state index contributed by atoms with van der Waals surface area (Å²) in [7, 11) is 0. The van der Waals surface area contributed by atoms with E-state index in [1.807, 2.05) is 0 Å². The van der Waals surface area contributed by atoms with Crippen molar-refractivity contribution in [3.63, 3.8) is 0 Å². The summed E-state index contributed by atoms with van der Waals surface area (Å²) in [6.07, 6.45) is 4.26. The average Bonchev–Trinajstić information content (AvgIpc) is 2.21. The molecule has 18 heavy (non-hydrogen) atoms. The molecular formula is C16H23NO. The minimum atomic E-state index is -0.191. The highest BCUT2D eigenvalue weighted by Gasteiger charge is 2.34. The molecule has 2 N–H and O–H groups in total. The predicted octanol–water partition coefficient (Wildman–Crippen LogP) is 2.99. The molecule has 1 aromatic carbocycles. The van der Waals surface area contributed by atoms with E-state index < -0.39 is 0 Å². The molecule has 0 saturated heterocycles. The third-order valence-electron chi connectivity index (χ3n) is 4.11. The van der Waals surface area contributed by atoms with Crippen molar-refractivity contribution in [2.24, 2.45) is 5.73 Å². The standard InChI is InChI=1S/C16H23NO/c1-11-7-12(2)15(13(3)8-11)9-14(18)10-16(17)5-4-6-16/h7-8H,4-6,9-10,17H2,1-3H3. The van der Waals surface area contributed by atoms with Crippen LogP contribution in [0.1, 0.15) is 47.9 Å². The smallest absolute Gasteiger partial charge is 0.139 e. The molecule has 0 atom stereocenters. The van der Waals surface area contributed by atoms with Gasteiger partial charge in [-0.05, 0) is 56.7 Å². The number of Topliss-reactive ketones (excluding diaryl/α,β-unsaturated/α-hetero) is 1.